The number of piperidine rings is 1. The van der Waals surface area contributed by atoms with E-state index in [0.717, 1.165) is 32.5 Å². The van der Waals surface area contributed by atoms with Crippen molar-refractivity contribution in [1.29, 1.82) is 0 Å². The van der Waals surface area contributed by atoms with E-state index in [4.69, 9.17) is 5.10 Å². The molecule has 1 saturated heterocycles. The molecule has 2 rings (SSSR count). The quantitative estimate of drug-likeness (QED) is 0.798. The van der Waals surface area contributed by atoms with Crippen LogP contribution in [-0.4, -0.2) is 40.4 Å². The summed E-state index contributed by atoms with van der Waals surface area (Å²) < 4.78 is 2.16. The van der Waals surface area contributed by atoms with E-state index in [1.54, 1.807) is 0 Å². The van der Waals surface area contributed by atoms with Crippen molar-refractivity contribution in [3.05, 3.63) is 18.0 Å². The number of nitrogens with zero attached hydrogens (tertiary/aromatic N) is 3. The zero-order chi connectivity index (χ0) is 15.1. The standard InChI is InChI=1S/C17H32N4/c1-4-10-18-15-8-7-11-20(13-15)14-16-9-12-21(19-16)17(5-2)6-3/h9,12,15,17-18H,4-8,10-11,13-14H2,1-3H3. The first-order valence-electron chi connectivity index (χ1n) is 8.76. The molecule has 4 heteroatoms. The van der Waals surface area contributed by atoms with Crippen molar-refractivity contribution in [3.63, 3.8) is 0 Å². The van der Waals surface area contributed by atoms with E-state index in [0.29, 0.717) is 12.1 Å². The second-order valence-electron chi connectivity index (χ2n) is 6.29. The molecule has 1 N–H and O–H groups in total. The Bertz CT molecular complexity index is 397. The van der Waals surface area contributed by atoms with Gasteiger partial charge in [0, 0.05) is 25.3 Å². The van der Waals surface area contributed by atoms with Crippen LogP contribution in [0, 0.1) is 0 Å². The van der Waals surface area contributed by atoms with Crippen LogP contribution in [-0.2, 0) is 6.54 Å². The molecule has 4 nitrogen and oxygen atoms in total. The van der Waals surface area contributed by atoms with Gasteiger partial charge in [0.1, 0.15) is 0 Å². The number of rotatable bonds is 8. The van der Waals surface area contributed by atoms with Crippen LogP contribution in [0.3, 0.4) is 0 Å². The Labute approximate surface area is 129 Å². The van der Waals surface area contributed by atoms with Crippen LogP contribution in [0.15, 0.2) is 12.3 Å². The summed E-state index contributed by atoms with van der Waals surface area (Å²) in [5.74, 6) is 0. The molecule has 0 amide bonds. The molecule has 0 bridgehead atoms. The number of likely N-dealkylation sites (tertiary alicyclic amines) is 1. The maximum atomic E-state index is 4.79. The molecule has 1 aromatic rings. The third kappa shape index (κ3) is 4.82. The topological polar surface area (TPSA) is 33.1 Å². The second kappa shape index (κ2) is 8.54. The molecule has 1 aliphatic heterocycles. The minimum atomic E-state index is 0.555. The summed E-state index contributed by atoms with van der Waals surface area (Å²) in [5.41, 5.74) is 1.22. The Morgan fingerprint density at radius 3 is 2.86 bits per heavy atom. The van der Waals surface area contributed by atoms with Crippen molar-refractivity contribution >= 4 is 0 Å². The highest BCUT2D eigenvalue weighted by Crippen LogP contribution is 2.17. The zero-order valence-electron chi connectivity index (χ0n) is 14.0. The lowest BCUT2D eigenvalue weighted by Gasteiger charge is -2.32. The molecule has 120 valence electrons. The van der Waals surface area contributed by atoms with Gasteiger partial charge in [0.15, 0.2) is 0 Å². The zero-order valence-corrected chi connectivity index (χ0v) is 14.0. The molecule has 0 saturated carbocycles. The summed E-state index contributed by atoms with van der Waals surface area (Å²) in [4.78, 5) is 2.55. The van der Waals surface area contributed by atoms with Crippen molar-refractivity contribution in [3.8, 4) is 0 Å². The van der Waals surface area contributed by atoms with E-state index in [1.165, 1.54) is 31.5 Å². The van der Waals surface area contributed by atoms with Gasteiger partial charge in [0.05, 0.1) is 11.7 Å². The Kier molecular flexibility index (Phi) is 6.71. The van der Waals surface area contributed by atoms with Crippen molar-refractivity contribution in [2.75, 3.05) is 19.6 Å². The van der Waals surface area contributed by atoms with Gasteiger partial charge in [-0.25, -0.2) is 0 Å². The highest BCUT2D eigenvalue weighted by molar-refractivity contribution is 5.00. The highest BCUT2D eigenvalue weighted by Gasteiger charge is 2.20. The van der Waals surface area contributed by atoms with Crippen LogP contribution in [0.4, 0.5) is 0 Å². The molecule has 21 heavy (non-hydrogen) atoms. The molecule has 1 atom stereocenters. The number of hydrogen-bond acceptors (Lipinski definition) is 3. The van der Waals surface area contributed by atoms with Gasteiger partial charge in [0.2, 0.25) is 0 Å². The fraction of sp³-hybridized carbons (Fsp3) is 0.824. The smallest absolute Gasteiger partial charge is 0.0764 e. The predicted octanol–water partition coefficient (Wildman–Crippen LogP) is 3.21. The molecule has 1 unspecified atom stereocenters. The van der Waals surface area contributed by atoms with Crippen LogP contribution < -0.4 is 5.32 Å². The Balaban J connectivity index is 1.86. The van der Waals surface area contributed by atoms with Crippen molar-refractivity contribution in [2.45, 2.75) is 71.5 Å². The average Bonchev–Trinajstić information content (AvgIpc) is 2.95. The molecule has 0 aliphatic carbocycles. The predicted molar refractivity (Wildman–Crippen MR) is 88.4 cm³/mol. The number of aromatic nitrogens is 2. The first kappa shape index (κ1) is 16.5. The van der Waals surface area contributed by atoms with Gasteiger partial charge in [-0.05, 0) is 51.3 Å². The molecular formula is C17H32N4. The van der Waals surface area contributed by atoms with Crippen LogP contribution in [0.1, 0.15) is 64.6 Å². The summed E-state index contributed by atoms with van der Waals surface area (Å²) in [6, 6.07) is 3.42. The molecule has 0 spiro atoms. The first-order chi connectivity index (χ1) is 10.3. The van der Waals surface area contributed by atoms with Gasteiger partial charge in [0.25, 0.3) is 0 Å². The molecule has 1 aromatic heterocycles. The summed E-state index contributed by atoms with van der Waals surface area (Å²) in [5, 5.41) is 8.45. The minimum Gasteiger partial charge on any atom is -0.313 e. The third-order valence-electron chi connectivity index (χ3n) is 4.55. The van der Waals surface area contributed by atoms with Gasteiger partial charge >= 0.3 is 0 Å². The number of nitrogens with one attached hydrogen (secondary N) is 1. The summed E-state index contributed by atoms with van der Waals surface area (Å²) in [6.07, 6.45) is 8.31. The summed E-state index contributed by atoms with van der Waals surface area (Å²) in [6.45, 7) is 11.2. The van der Waals surface area contributed by atoms with Gasteiger partial charge in [-0.3, -0.25) is 9.58 Å². The fourth-order valence-corrected chi connectivity index (χ4v) is 3.27. The largest absolute Gasteiger partial charge is 0.313 e. The lowest BCUT2D eigenvalue weighted by molar-refractivity contribution is 0.181. The normalized spacial score (nSPS) is 20.3. The van der Waals surface area contributed by atoms with E-state index in [-0.39, 0.29) is 0 Å². The van der Waals surface area contributed by atoms with Gasteiger partial charge in [-0.1, -0.05) is 20.8 Å². The van der Waals surface area contributed by atoms with Crippen LogP contribution >= 0.6 is 0 Å². The minimum absolute atomic E-state index is 0.555. The lowest BCUT2D eigenvalue weighted by atomic mass is 10.1. The molecular weight excluding hydrogens is 260 g/mol. The van der Waals surface area contributed by atoms with E-state index in [2.05, 4.69) is 47.9 Å². The summed E-state index contributed by atoms with van der Waals surface area (Å²) in [7, 11) is 0. The Morgan fingerprint density at radius 1 is 1.33 bits per heavy atom. The maximum absolute atomic E-state index is 4.79. The molecule has 1 aliphatic rings. The Morgan fingerprint density at radius 2 is 2.14 bits per heavy atom. The lowest BCUT2D eigenvalue weighted by Crippen LogP contribution is -2.45. The molecule has 1 fully saturated rings. The van der Waals surface area contributed by atoms with Gasteiger partial charge in [-0.15, -0.1) is 0 Å². The molecule has 0 radical (unpaired) electrons. The Hall–Kier alpha value is -0.870. The SMILES string of the molecule is CCCNC1CCCN(Cc2ccn(C(CC)CC)n2)C1. The van der Waals surface area contributed by atoms with Gasteiger partial charge in [-0.2, -0.15) is 5.10 Å². The van der Waals surface area contributed by atoms with Crippen molar-refractivity contribution in [1.82, 2.24) is 20.0 Å². The average molecular weight is 292 g/mol. The van der Waals surface area contributed by atoms with E-state index < -0.39 is 0 Å². The molecule has 2 heterocycles. The number of hydrogen-bond donors (Lipinski definition) is 1. The molecule has 0 aromatic carbocycles. The van der Waals surface area contributed by atoms with Crippen LogP contribution in [0.5, 0.6) is 0 Å². The highest BCUT2D eigenvalue weighted by atomic mass is 15.3. The fourth-order valence-electron chi connectivity index (χ4n) is 3.27. The monoisotopic (exact) mass is 292 g/mol. The van der Waals surface area contributed by atoms with Crippen molar-refractivity contribution < 1.29 is 0 Å². The van der Waals surface area contributed by atoms with E-state index in [1.807, 2.05) is 0 Å². The van der Waals surface area contributed by atoms with Crippen LogP contribution in [0.2, 0.25) is 0 Å². The second-order valence-corrected chi connectivity index (χ2v) is 6.29. The van der Waals surface area contributed by atoms with E-state index in [9.17, 15) is 0 Å². The maximum Gasteiger partial charge on any atom is 0.0764 e. The van der Waals surface area contributed by atoms with Gasteiger partial charge < -0.3 is 5.32 Å². The third-order valence-corrected chi connectivity index (χ3v) is 4.55. The van der Waals surface area contributed by atoms with E-state index >= 15 is 0 Å². The van der Waals surface area contributed by atoms with Crippen LogP contribution in [0.25, 0.3) is 0 Å². The first-order valence-corrected chi connectivity index (χ1v) is 8.76. The van der Waals surface area contributed by atoms with Crippen molar-refractivity contribution in [2.24, 2.45) is 0 Å². The summed E-state index contributed by atoms with van der Waals surface area (Å²) >= 11 is 0.